The van der Waals surface area contributed by atoms with E-state index >= 15 is 0 Å². The number of aromatic amines is 1. The van der Waals surface area contributed by atoms with Crippen molar-refractivity contribution in [1.29, 1.82) is 0 Å². The summed E-state index contributed by atoms with van der Waals surface area (Å²) in [5.41, 5.74) is 1.90. The maximum absolute atomic E-state index is 12.4. The van der Waals surface area contributed by atoms with Gasteiger partial charge in [0, 0.05) is 12.1 Å². The van der Waals surface area contributed by atoms with Gasteiger partial charge in [0.25, 0.3) is 5.56 Å². The Bertz CT molecular complexity index is 1050. The number of H-pyrrole nitrogens is 1. The first-order valence-electron chi connectivity index (χ1n) is 9.72. The van der Waals surface area contributed by atoms with Crippen molar-refractivity contribution in [2.24, 2.45) is 0 Å². The molecule has 0 saturated heterocycles. The topological polar surface area (TPSA) is 106 Å². The average Bonchev–Trinajstić information content (AvgIpc) is 2.76. The summed E-state index contributed by atoms with van der Waals surface area (Å²) in [5.74, 6) is 0.547. The minimum atomic E-state index is -0.387. The standard InChI is InChI=1S/C22H24N4O4/c1-3-4-12-30-21(28)16-6-5-7-17(14-16)23-22-24-20(27)19(25-26-22)13-15-8-10-18(29-2)11-9-15/h5-11,14H,3-4,12-13H2,1-2H3,(H2,23,24,26,27). The Kier molecular flexibility index (Phi) is 7.15. The lowest BCUT2D eigenvalue weighted by atomic mass is 10.1. The molecule has 0 bridgehead atoms. The van der Waals surface area contributed by atoms with Crippen molar-refractivity contribution in [2.45, 2.75) is 26.2 Å². The SMILES string of the molecule is CCCCOC(=O)c1cccc(Nc2nnc(Cc3ccc(OC)cc3)c(=O)[nH]2)c1. The molecule has 156 valence electrons. The molecule has 0 amide bonds. The molecule has 2 N–H and O–H groups in total. The van der Waals surface area contributed by atoms with E-state index in [1.54, 1.807) is 31.4 Å². The number of aromatic nitrogens is 3. The Labute approximate surface area is 174 Å². The number of rotatable bonds is 9. The monoisotopic (exact) mass is 408 g/mol. The molecule has 30 heavy (non-hydrogen) atoms. The fourth-order valence-corrected chi connectivity index (χ4v) is 2.72. The van der Waals surface area contributed by atoms with Crippen molar-refractivity contribution in [1.82, 2.24) is 15.2 Å². The smallest absolute Gasteiger partial charge is 0.338 e. The Morgan fingerprint density at radius 1 is 1.13 bits per heavy atom. The summed E-state index contributed by atoms with van der Waals surface area (Å²) in [4.78, 5) is 27.2. The van der Waals surface area contributed by atoms with E-state index in [2.05, 4.69) is 20.5 Å². The molecule has 0 unspecified atom stereocenters. The van der Waals surface area contributed by atoms with Gasteiger partial charge in [0.2, 0.25) is 5.95 Å². The molecule has 8 nitrogen and oxygen atoms in total. The highest BCUT2D eigenvalue weighted by Crippen LogP contribution is 2.16. The molecule has 0 aliphatic heterocycles. The van der Waals surface area contributed by atoms with Gasteiger partial charge >= 0.3 is 5.97 Å². The Morgan fingerprint density at radius 2 is 1.93 bits per heavy atom. The molecule has 0 aliphatic rings. The van der Waals surface area contributed by atoms with Crippen LogP contribution in [0.3, 0.4) is 0 Å². The molecular formula is C22H24N4O4. The van der Waals surface area contributed by atoms with Crippen LogP contribution in [-0.2, 0) is 11.2 Å². The highest BCUT2D eigenvalue weighted by Gasteiger charge is 2.10. The quantitative estimate of drug-likeness (QED) is 0.412. The van der Waals surface area contributed by atoms with E-state index in [1.165, 1.54) is 0 Å². The molecule has 3 rings (SSSR count). The lowest BCUT2D eigenvalue weighted by Gasteiger charge is -2.08. The second kappa shape index (κ2) is 10.2. The fourth-order valence-electron chi connectivity index (χ4n) is 2.72. The van der Waals surface area contributed by atoms with E-state index < -0.39 is 0 Å². The van der Waals surface area contributed by atoms with Crippen molar-refractivity contribution < 1.29 is 14.3 Å². The van der Waals surface area contributed by atoms with E-state index in [0.717, 1.165) is 24.2 Å². The van der Waals surface area contributed by atoms with E-state index in [1.807, 2.05) is 31.2 Å². The summed E-state index contributed by atoms with van der Waals surface area (Å²) in [5, 5.41) is 11.0. The van der Waals surface area contributed by atoms with Crippen LogP contribution in [0.25, 0.3) is 0 Å². The minimum Gasteiger partial charge on any atom is -0.497 e. The molecular weight excluding hydrogens is 384 g/mol. The second-order valence-corrected chi connectivity index (χ2v) is 6.67. The van der Waals surface area contributed by atoms with E-state index in [4.69, 9.17) is 9.47 Å². The van der Waals surface area contributed by atoms with E-state index in [0.29, 0.717) is 30.0 Å². The molecule has 0 radical (unpaired) electrons. The first-order chi connectivity index (χ1) is 14.6. The van der Waals surface area contributed by atoms with E-state index in [9.17, 15) is 9.59 Å². The number of hydrogen-bond donors (Lipinski definition) is 2. The predicted molar refractivity (Wildman–Crippen MR) is 113 cm³/mol. The predicted octanol–water partition coefficient (Wildman–Crippen LogP) is 3.46. The number of esters is 1. The van der Waals surface area contributed by atoms with Crippen LogP contribution in [0.2, 0.25) is 0 Å². The minimum absolute atomic E-state index is 0.190. The molecule has 0 spiro atoms. The van der Waals surface area contributed by atoms with E-state index in [-0.39, 0.29) is 17.5 Å². The largest absolute Gasteiger partial charge is 0.497 e. The van der Waals surface area contributed by atoms with Gasteiger partial charge in [-0.25, -0.2) is 4.79 Å². The summed E-state index contributed by atoms with van der Waals surface area (Å²) in [7, 11) is 1.60. The third-order valence-corrected chi connectivity index (χ3v) is 4.39. The average molecular weight is 408 g/mol. The van der Waals surface area contributed by atoms with Gasteiger partial charge in [-0.15, -0.1) is 10.2 Å². The summed E-state index contributed by atoms with van der Waals surface area (Å²) in [6, 6.07) is 14.2. The number of hydrogen-bond acceptors (Lipinski definition) is 7. The van der Waals surface area contributed by atoms with Gasteiger partial charge in [0.15, 0.2) is 0 Å². The lowest BCUT2D eigenvalue weighted by molar-refractivity contribution is 0.0500. The number of ether oxygens (including phenoxy) is 2. The van der Waals surface area contributed by atoms with Crippen molar-refractivity contribution in [3.8, 4) is 5.75 Å². The molecule has 0 saturated carbocycles. The summed E-state index contributed by atoms with van der Waals surface area (Å²) >= 11 is 0. The van der Waals surface area contributed by atoms with Crippen LogP contribution in [0.15, 0.2) is 53.3 Å². The van der Waals surface area contributed by atoms with Crippen LogP contribution in [0.5, 0.6) is 5.75 Å². The second-order valence-electron chi connectivity index (χ2n) is 6.67. The zero-order valence-electron chi connectivity index (χ0n) is 17.0. The van der Waals surface area contributed by atoms with Gasteiger partial charge in [-0.2, -0.15) is 0 Å². The van der Waals surface area contributed by atoms with Gasteiger partial charge in [-0.1, -0.05) is 31.5 Å². The highest BCUT2D eigenvalue weighted by molar-refractivity contribution is 5.90. The van der Waals surface area contributed by atoms with Gasteiger partial charge in [0.1, 0.15) is 11.4 Å². The van der Waals surface area contributed by atoms with Crippen molar-refractivity contribution in [3.05, 3.63) is 75.7 Å². The van der Waals surface area contributed by atoms with Crippen molar-refractivity contribution >= 4 is 17.6 Å². The molecule has 0 fully saturated rings. The highest BCUT2D eigenvalue weighted by atomic mass is 16.5. The van der Waals surface area contributed by atoms with Gasteiger partial charge < -0.3 is 14.8 Å². The molecule has 0 atom stereocenters. The zero-order chi connectivity index (χ0) is 21.3. The van der Waals surface area contributed by atoms with Crippen LogP contribution in [0, 0.1) is 0 Å². The molecule has 1 heterocycles. The Balaban J connectivity index is 1.67. The number of carbonyl (C=O) groups excluding carboxylic acids is 1. The molecule has 2 aromatic carbocycles. The maximum Gasteiger partial charge on any atom is 0.338 e. The van der Waals surface area contributed by atoms with Crippen molar-refractivity contribution in [3.63, 3.8) is 0 Å². The maximum atomic E-state index is 12.4. The van der Waals surface area contributed by atoms with Crippen LogP contribution in [0.4, 0.5) is 11.6 Å². The Hall–Kier alpha value is -3.68. The number of benzene rings is 2. The van der Waals surface area contributed by atoms with Crippen LogP contribution < -0.4 is 15.6 Å². The van der Waals surface area contributed by atoms with Crippen LogP contribution in [0.1, 0.15) is 41.4 Å². The molecule has 1 aromatic heterocycles. The summed E-state index contributed by atoms with van der Waals surface area (Å²) in [6.45, 7) is 2.42. The zero-order valence-corrected chi connectivity index (χ0v) is 17.0. The first kappa shape index (κ1) is 21.0. The third kappa shape index (κ3) is 5.66. The first-order valence-corrected chi connectivity index (χ1v) is 9.72. The van der Waals surface area contributed by atoms with Gasteiger partial charge in [-0.3, -0.25) is 9.78 Å². The van der Waals surface area contributed by atoms with Crippen molar-refractivity contribution in [2.75, 3.05) is 19.0 Å². The fraction of sp³-hybridized carbons (Fsp3) is 0.273. The number of nitrogens with one attached hydrogen (secondary N) is 2. The number of unbranched alkanes of at least 4 members (excludes halogenated alkanes) is 1. The Morgan fingerprint density at radius 3 is 2.63 bits per heavy atom. The van der Waals surface area contributed by atoms with Crippen LogP contribution in [-0.4, -0.2) is 34.9 Å². The normalized spacial score (nSPS) is 10.5. The third-order valence-electron chi connectivity index (χ3n) is 4.39. The number of nitrogens with zero attached hydrogens (tertiary/aromatic N) is 2. The number of carbonyl (C=O) groups is 1. The molecule has 0 aliphatic carbocycles. The number of anilines is 2. The number of methoxy groups -OCH3 is 1. The van der Waals surface area contributed by atoms with Gasteiger partial charge in [0.05, 0.1) is 19.3 Å². The van der Waals surface area contributed by atoms with Crippen LogP contribution >= 0.6 is 0 Å². The lowest BCUT2D eigenvalue weighted by Crippen LogP contribution is -2.19. The molecule has 8 heteroatoms. The summed E-state index contributed by atoms with van der Waals surface area (Å²) < 4.78 is 10.3. The van der Waals surface area contributed by atoms with Gasteiger partial charge in [-0.05, 0) is 42.3 Å². The molecule has 3 aromatic rings. The summed E-state index contributed by atoms with van der Waals surface area (Å²) in [6.07, 6.45) is 2.13.